The molecule has 0 radical (unpaired) electrons. The van der Waals surface area contributed by atoms with Crippen LogP contribution in [0.25, 0.3) is 0 Å². The van der Waals surface area contributed by atoms with Crippen LogP contribution in [0.2, 0.25) is 0 Å². The predicted molar refractivity (Wildman–Crippen MR) is 56.3 cm³/mol. The van der Waals surface area contributed by atoms with Gasteiger partial charge in [-0.1, -0.05) is 24.3 Å². The zero-order chi connectivity index (χ0) is 10.4. The fourth-order valence-electron chi connectivity index (χ4n) is 1.38. The van der Waals surface area contributed by atoms with Crippen molar-refractivity contribution in [2.75, 3.05) is 0 Å². The van der Waals surface area contributed by atoms with Crippen molar-refractivity contribution in [2.24, 2.45) is 0 Å². The van der Waals surface area contributed by atoms with Crippen LogP contribution in [-0.2, 0) is 4.79 Å². The van der Waals surface area contributed by atoms with Crippen molar-refractivity contribution in [3.05, 3.63) is 42.0 Å². The molecule has 2 nitrogen and oxygen atoms in total. The lowest BCUT2D eigenvalue weighted by molar-refractivity contribution is -0.108. The summed E-state index contributed by atoms with van der Waals surface area (Å²) >= 11 is 0. The Bertz CT molecular complexity index is 312. The molecule has 0 spiro atoms. The predicted octanol–water partition coefficient (Wildman–Crippen LogP) is 2.64. The van der Waals surface area contributed by atoms with Crippen LogP contribution in [0, 0.1) is 0 Å². The Morgan fingerprint density at radius 1 is 1.36 bits per heavy atom. The van der Waals surface area contributed by atoms with Gasteiger partial charge in [0.2, 0.25) is 0 Å². The summed E-state index contributed by atoms with van der Waals surface area (Å²) in [7, 11) is 0. The number of aromatic hydroxyl groups is 1. The van der Waals surface area contributed by atoms with E-state index in [0.29, 0.717) is 6.42 Å². The van der Waals surface area contributed by atoms with Crippen molar-refractivity contribution in [1.82, 2.24) is 0 Å². The van der Waals surface area contributed by atoms with E-state index >= 15 is 0 Å². The van der Waals surface area contributed by atoms with E-state index in [1.807, 2.05) is 31.2 Å². The zero-order valence-corrected chi connectivity index (χ0v) is 8.18. The Hall–Kier alpha value is -1.57. The highest BCUT2D eigenvalue weighted by atomic mass is 16.3. The van der Waals surface area contributed by atoms with Gasteiger partial charge < -0.3 is 9.90 Å². The van der Waals surface area contributed by atoms with E-state index in [4.69, 9.17) is 5.11 Å². The molecule has 1 aromatic carbocycles. The maximum atomic E-state index is 10.4. The third-order valence-electron chi connectivity index (χ3n) is 2.10. The number of carbonyl (C=O) groups is 1. The summed E-state index contributed by atoms with van der Waals surface area (Å²) in [5.74, 6) is 0.372. The molecule has 0 amide bonds. The van der Waals surface area contributed by atoms with Gasteiger partial charge in [-0.05, 0) is 24.6 Å². The molecule has 0 unspecified atom stereocenters. The van der Waals surface area contributed by atoms with Crippen LogP contribution in [0.3, 0.4) is 0 Å². The van der Waals surface area contributed by atoms with Gasteiger partial charge in [0.15, 0.2) is 0 Å². The minimum atomic E-state index is 0.123. The molecule has 0 fully saturated rings. The summed E-state index contributed by atoms with van der Waals surface area (Å²) in [6.45, 7) is 1.93. The first-order valence-corrected chi connectivity index (χ1v) is 4.63. The van der Waals surface area contributed by atoms with Gasteiger partial charge in [-0.25, -0.2) is 0 Å². The normalized spacial score (nSPS) is 12.9. The molecule has 0 bridgehead atoms. The maximum absolute atomic E-state index is 10.4. The van der Waals surface area contributed by atoms with E-state index in [0.717, 1.165) is 11.8 Å². The lowest BCUT2D eigenvalue weighted by Gasteiger charge is -2.09. The Morgan fingerprint density at radius 3 is 2.50 bits per heavy atom. The summed E-state index contributed by atoms with van der Waals surface area (Å²) in [4.78, 5) is 10.4. The van der Waals surface area contributed by atoms with Crippen molar-refractivity contribution >= 4 is 6.29 Å². The highest BCUT2D eigenvalue weighted by Crippen LogP contribution is 2.22. The van der Waals surface area contributed by atoms with Gasteiger partial charge in [0, 0.05) is 12.3 Å². The summed E-state index contributed by atoms with van der Waals surface area (Å²) in [6, 6.07) is 6.94. The van der Waals surface area contributed by atoms with Gasteiger partial charge in [0.05, 0.1) is 0 Å². The van der Waals surface area contributed by atoms with E-state index < -0.39 is 0 Å². The molecule has 14 heavy (non-hydrogen) atoms. The number of hydrogen-bond acceptors (Lipinski definition) is 2. The number of carbonyl (C=O) groups excluding carboxylic acids is 1. The molecular weight excluding hydrogens is 176 g/mol. The van der Waals surface area contributed by atoms with Crippen LogP contribution in [-0.4, -0.2) is 11.4 Å². The molecule has 0 aliphatic heterocycles. The van der Waals surface area contributed by atoms with Crippen LogP contribution in [0.5, 0.6) is 5.75 Å². The topological polar surface area (TPSA) is 37.3 Å². The molecule has 1 aromatic rings. The molecule has 2 heteroatoms. The first-order valence-electron chi connectivity index (χ1n) is 4.63. The van der Waals surface area contributed by atoms with Crippen LogP contribution < -0.4 is 0 Å². The highest BCUT2D eigenvalue weighted by molar-refractivity contribution is 5.52. The monoisotopic (exact) mass is 190 g/mol. The average molecular weight is 190 g/mol. The maximum Gasteiger partial charge on any atom is 0.120 e. The lowest BCUT2D eigenvalue weighted by atomic mass is 9.96. The molecule has 0 aliphatic rings. The van der Waals surface area contributed by atoms with Gasteiger partial charge in [-0.15, -0.1) is 0 Å². The third-order valence-corrected chi connectivity index (χ3v) is 2.10. The van der Waals surface area contributed by atoms with Gasteiger partial charge >= 0.3 is 0 Å². The van der Waals surface area contributed by atoms with Gasteiger partial charge in [-0.3, -0.25) is 0 Å². The molecule has 0 heterocycles. The second kappa shape index (κ2) is 5.22. The molecule has 0 aliphatic carbocycles. The fraction of sp³-hybridized carbons (Fsp3) is 0.250. The van der Waals surface area contributed by atoms with Gasteiger partial charge in [0.1, 0.15) is 12.0 Å². The summed E-state index contributed by atoms with van der Waals surface area (Å²) in [6.07, 6.45) is 5.31. The lowest BCUT2D eigenvalue weighted by Crippen LogP contribution is -1.95. The Labute approximate surface area is 83.9 Å². The smallest absolute Gasteiger partial charge is 0.120 e. The van der Waals surface area contributed by atoms with E-state index in [-0.39, 0.29) is 11.7 Å². The third kappa shape index (κ3) is 2.73. The molecule has 1 atom stereocenters. The second-order valence-electron chi connectivity index (χ2n) is 3.13. The van der Waals surface area contributed by atoms with E-state index in [2.05, 4.69) is 0 Å². The first-order chi connectivity index (χ1) is 6.77. The Morgan fingerprint density at radius 2 is 2.00 bits per heavy atom. The van der Waals surface area contributed by atoms with Crippen molar-refractivity contribution in [3.63, 3.8) is 0 Å². The van der Waals surface area contributed by atoms with E-state index in [9.17, 15) is 4.79 Å². The SMILES string of the molecule is C/C=C/[C@H](CC=O)c1ccc(O)cc1. The summed E-state index contributed by atoms with van der Waals surface area (Å²) < 4.78 is 0. The number of benzene rings is 1. The molecular formula is C12H14O2. The molecule has 0 saturated heterocycles. The molecule has 1 N–H and O–H groups in total. The fourth-order valence-corrected chi connectivity index (χ4v) is 1.38. The number of phenolic OH excluding ortho intramolecular Hbond substituents is 1. The van der Waals surface area contributed by atoms with Crippen LogP contribution in [0.1, 0.15) is 24.8 Å². The molecule has 1 rings (SSSR count). The number of hydrogen-bond donors (Lipinski definition) is 1. The standard InChI is InChI=1S/C12H14O2/c1-2-3-10(8-9-13)11-4-6-12(14)7-5-11/h2-7,9-10,14H,8H2,1H3/b3-2+/t10-/m1/s1. The van der Waals surface area contributed by atoms with Gasteiger partial charge in [-0.2, -0.15) is 0 Å². The minimum Gasteiger partial charge on any atom is -0.508 e. The quantitative estimate of drug-likeness (QED) is 0.585. The van der Waals surface area contributed by atoms with Crippen LogP contribution >= 0.6 is 0 Å². The Balaban J connectivity index is 2.87. The van der Waals surface area contributed by atoms with E-state index in [1.165, 1.54) is 0 Å². The van der Waals surface area contributed by atoms with Crippen LogP contribution in [0.4, 0.5) is 0 Å². The number of allylic oxidation sites excluding steroid dienone is 2. The highest BCUT2D eigenvalue weighted by Gasteiger charge is 2.06. The van der Waals surface area contributed by atoms with Crippen molar-refractivity contribution in [3.8, 4) is 5.75 Å². The number of phenols is 1. The summed E-state index contributed by atoms with van der Waals surface area (Å²) in [5, 5.41) is 9.11. The van der Waals surface area contributed by atoms with Crippen LogP contribution in [0.15, 0.2) is 36.4 Å². The second-order valence-corrected chi connectivity index (χ2v) is 3.13. The largest absolute Gasteiger partial charge is 0.508 e. The Kier molecular flexibility index (Phi) is 3.92. The zero-order valence-electron chi connectivity index (χ0n) is 8.18. The minimum absolute atomic E-state index is 0.123. The molecule has 0 saturated carbocycles. The molecule has 74 valence electrons. The van der Waals surface area contributed by atoms with Gasteiger partial charge in [0.25, 0.3) is 0 Å². The number of rotatable bonds is 4. The van der Waals surface area contributed by atoms with Crippen molar-refractivity contribution in [2.45, 2.75) is 19.3 Å². The van der Waals surface area contributed by atoms with Crippen molar-refractivity contribution < 1.29 is 9.90 Å². The summed E-state index contributed by atoms with van der Waals surface area (Å²) in [5.41, 5.74) is 1.05. The van der Waals surface area contributed by atoms with Crippen molar-refractivity contribution in [1.29, 1.82) is 0 Å². The van der Waals surface area contributed by atoms with E-state index in [1.54, 1.807) is 12.1 Å². The average Bonchev–Trinajstić information content (AvgIpc) is 2.19. The first kappa shape index (κ1) is 10.5. The molecule has 0 aromatic heterocycles. The number of aldehydes is 1.